The zero-order valence-corrected chi connectivity index (χ0v) is 8.92. The van der Waals surface area contributed by atoms with Gasteiger partial charge in [-0.25, -0.2) is 0 Å². The highest BCUT2D eigenvalue weighted by Crippen LogP contribution is 2.21. The molecule has 13 heavy (non-hydrogen) atoms. The second-order valence-corrected chi connectivity index (χ2v) is 4.44. The molecule has 2 nitrogen and oxygen atoms in total. The molecule has 0 spiro atoms. The summed E-state index contributed by atoms with van der Waals surface area (Å²) in [6.07, 6.45) is 4.88. The number of hydrogen-bond donors (Lipinski definition) is 1. The van der Waals surface area contributed by atoms with Crippen LogP contribution in [0.4, 0.5) is 0 Å². The Hall–Kier alpha value is -0.340. The summed E-state index contributed by atoms with van der Waals surface area (Å²) >= 11 is 0. The van der Waals surface area contributed by atoms with Gasteiger partial charge in [-0.15, -0.1) is 0 Å². The summed E-state index contributed by atoms with van der Waals surface area (Å²) in [6, 6.07) is 1.19. The highest BCUT2D eigenvalue weighted by atomic mass is 15.1. The average Bonchev–Trinajstić information content (AvgIpc) is 2.04. The van der Waals surface area contributed by atoms with Gasteiger partial charge in [-0.05, 0) is 39.7 Å². The Kier molecular flexibility index (Phi) is 3.94. The van der Waals surface area contributed by atoms with Crippen molar-refractivity contribution in [1.29, 1.82) is 0 Å². The maximum atomic E-state index is 5.86. The molecule has 1 fully saturated rings. The highest BCUT2D eigenvalue weighted by Gasteiger charge is 2.21. The van der Waals surface area contributed by atoms with Crippen LogP contribution in [-0.4, -0.2) is 30.6 Å². The predicted octanol–water partition coefficient (Wildman–Crippen LogP) is 1.76. The van der Waals surface area contributed by atoms with Gasteiger partial charge in [0.2, 0.25) is 0 Å². The minimum absolute atomic E-state index is 0.453. The normalized spacial score (nSPS) is 29.2. The lowest BCUT2D eigenvalue weighted by molar-refractivity contribution is 0.196. The molecule has 0 atom stereocenters. The van der Waals surface area contributed by atoms with Crippen molar-refractivity contribution in [3.63, 3.8) is 0 Å². The lowest BCUT2D eigenvalue weighted by atomic mass is 9.91. The fraction of sp³-hybridized carbons (Fsp3) is 0.818. The lowest BCUT2D eigenvalue weighted by Gasteiger charge is -2.33. The van der Waals surface area contributed by atoms with Gasteiger partial charge >= 0.3 is 0 Å². The number of nitrogens with zero attached hydrogens (tertiary/aromatic N) is 1. The van der Waals surface area contributed by atoms with E-state index in [1.54, 1.807) is 0 Å². The van der Waals surface area contributed by atoms with Crippen molar-refractivity contribution in [2.24, 2.45) is 5.73 Å². The molecular weight excluding hydrogens is 160 g/mol. The molecule has 1 saturated carbocycles. The molecule has 0 aromatic carbocycles. The summed E-state index contributed by atoms with van der Waals surface area (Å²) in [5.74, 6) is 0. The third-order valence-corrected chi connectivity index (χ3v) is 2.88. The first-order valence-electron chi connectivity index (χ1n) is 5.20. The standard InChI is InChI=1S/C11H22N2/c1-9(2)8-13(3)11-6-4-10(12)5-7-11/h10-11H,1,4-8,12H2,2-3H3. The van der Waals surface area contributed by atoms with E-state index >= 15 is 0 Å². The number of rotatable bonds is 3. The molecular formula is C11H22N2. The van der Waals surface area contributed by atoms with Crippen LogP contribution in [0.2, 0.25) is 0 Å². The van der Waals surface area contributed by atoms with Gasteiger partial charge in [-0.3, -0.25) is 4.90 Å². The molecule has 0 heterocycles. The summed E-state index contributed by atoms with van der Waals surface area (Å²) in [7, 11) is 2.19. The van der Waals surface area contributed by atoms with Crippen molar-refractivity contribution >= 4 is 0 Å². The lowest BCUT2D eigenvalue weighted by Crippen LogP contribution is -2.39. The van der Waals surface area contributed by atoms with Crippen LogP contribution in [0.3, 0.4) is 0 Å². The molecule has 2 heteroatoms. The molecule has 0 aromatic heterocycles. The van der Waals surface area contributed by atoms with Crippen molar-refractivity contribution in [3.8, 4) is 0 Å². The van der Waals surface area contributed by atoms with E-state index in [0.717, 1.165) is 12.6 Å². The van der Waals surface area contributed by atoms with Gasteiger partial charge < -0.3 is 5.73 Å². The summed E-state index contributed by atoms with van der Waals surface area (Å²) in [5.41, 5.74) is 7.11. The van der Waals surface area contributed by atoms with Gasteiger partial charge in [-0.1, -0.05) is 12.2 Å². The SMILES string of the molecule is C=C(C)CN(C)C1CCC(N)CC1. The smallest absolute Gasteiger partial charge is 0.0187 e. The second kappa shape index (κ2) is 4.77. The predicted molar refractivity (Wildman–Crippen MR) is 57.7 cm³/mol. The van der Waals surface area contributed by atoms with Crippen molar-refractivity contribution in [3.05, 3.63) is 12.2 Å². The first-order chi connectivity index (χ1) is 6.09. The molecule has 1 rings (SSSR count). The Bertz CT molecular complexity index is 169. The molecule has 1 aliphatic carbocycles. The summed E-state index contributed by atoms with van der Waals surface area (Å²) in [6.45, 7) is 7.05. The van der Waals surface area contributed by atoms with E-state index in [9.17, 15) is 0 Å². The molecule has 0 saturated heterocycles. The Morgan fingerprint density at radius 1 is 1.38 bits per heavy atom. The van der Waals surface area contributed by atoms with Crippen molar-refractivity contribution in [2.45, 2.75) is 44.7 Å². The Morgan fingerprint density at radius 2 is 1.92 bits per heavy atom. The fourth-order valence-electron chi connectivity index (χ4n) is 2.10. The van der Waals surface area contributed by atoms with Crippen LogP contribution in [0.15, 0.2) is 12.2 Å². The second-order valence-electron chi connectivity index (χ2n) is 4.44. The summed E-state index contributed by atoms with van der Waals surface area (Å²) in [4.78, 5) is 2.41. The quantitative estimate of drug-likeness (QED) is 0.674. The van der Waals surface area contributed by atoms with Gasteiger partial charge in [-0.2, -0.15) is 0 Å². The van der Waals surface area contributed by atoms with Crippen LogP contribution >= 0.6 is 0 Å². The van der Waals surface area contributed by atoms with Gasteiger partial charge in [0, 0.05) is 18.6 Å². The maximum absolute atomic E-state index is 5.86. The molecule has 2 N–H and O–H groups in total. The number of hydrogen-bond acceptors (Lipinski definition) is 2. The monoisotopic (exact) mass is 182 g/mol. The molecule has 0 aromatic rings. The molecule has 0 amide bonds. The molecule has 0 bridgehead atoms. The van der Waals surface area contributed by atoms with E-state index in [1.165, 1.54) is 31.3 Å². The van der Waals surface area contributed by atoms with Gasteiger partial charge in [0.05, 0.1) is 0 Å². The van der Waals surface area contributed by atoms with Crippen molar-refractivity contribution < 1.29 is 0 Å². The zero-order valence-electron chi connectivity index (χ0n) is 8.92. The van der Waals surface area contributed by atoms with E-state index in [4.69, 9.17) is 5.73 Å². The highest BCUT2D eigenvalue weighted by molar-refractivity contribution is 4.93. The van der Waals surface area contributed by atoms with Crippen LogP contribution in [0, 0.1) is 0 Å². The minimum Gasteiger partial charge on any atom is -0.328 e. The molecule has 0 radical (unpaired) electrons. The Balaban J connectivity index is 2.31. The van der Waals surface area contributed by atoms with Crippen LogP contribution in [-0.2, 0) is 0 Å². The van der Waals surface area contributed by atoms with E-state index in [-0.39, 0.29) is 0 Å². The number of nitrogens with two attached hydrogens (primary N) is 1. The first-order valence-corrected chi connectivity index (χ1v) is 5.20. The third-order valence-electron chi connectivity index (χ3n) is 2.88. The van der Waals surface area contributed by atoms with Crippen LogP contribution in [0.1, 0.15) is 32.6 Å². The van der Waals surface area contributed by atoms with Crippen LogP contribution in [0.25, 0.3) is 0 Å². The van der Waals surface area contributed by atoms with E-state index < -0.39 is 0 Å². The number of likely N-dealkylation sites (N-methyl/N-ethyl adjacent to an activating group) is 1. The van der Waals surface area contributed by atoms with Crippen LogP contribution in [0.5, 0.6) is 0 Å². The van der Waals surface area contributed by atoms with Gasteiger partial charge in [0.15, 0.2) is 0 Å². The van der Waals surface area contributed by atoms with E-state index in [1.807, 2.05) is 0 Å². The topological polar surface area (TPSA) is 29.3 Å². The molecule has 0 unspecified atom stereocenters. The maximum Gasteiger partial charge on any atom is 0.0187 e. The zero-order chi connectivity index (χ0) is 9.84. The Labute approximate surface area is 81.8 Å². The van der Waals surface area contributed by atoms with Gasteiger partial charge in [0.1, 0.15) is 0 Å². The molecule has 76 valence electrons. The molecule has 0 aliphatic heterocycles. The van der Waals surface area contributed by atoms with Crippen LogP contribution < -0.4 is 5.73 Å². The fourth-order valence-corrected chi connectivity index (χ4v) is 2.10. The first kappa shape index (κ1) is 10.7. The molecule has 1 aliphatic rings. The minimum atomic E-state index is 0.453. The summed E-state index contributed by atoms with van der Waals surface area (Å²) < 4.78 is 0. The third kappa shape index (κ3) is 3.49. The Morgan fingerprint density at radius 3 is 2.38 bits per heavy atom. The largest absolute Gasteiger partial charge is 0.328 e. The summed E-state index contributed by atoms with van der Waals surface area (Å²) in [5, 5.41) is 0. The van der Waals surface area contributed by atoms with Crippen molar-refractivity contribution in [1.82, 2.24) is 4.90 Å². The average molecular weight is 182 g/mol. The van der Waals surface area contributed by atoms with Crippen molar-refractivity contribution in [2.75, 3.05) is 13.6 Å². The van der Waals surface area contributed by atoms with Gasteiger partial charge in [0.25, 0.3) is 0 Å². The van der Waals surface area contributed by atoms with E-state index in [2.05, 4.69) is 25.5 Å². The van der Waals surface area contributed by atoms with E-state index in [0.29, 0.717) is 6.04 Å².